The van der Waals surface area contributed by atoms with Gasteiger partial charge in [-0.3, -0.25) is 9.88 Å². The SMILES string of the molecule is CCN(Cc1ccncc1)Cc1ccc(OC2CCNCC2)cc1. The van der Waals surface area contributed by atoms with Crippen LogP contribution in [-0.4, -0.2) is 35.6 Å². The van der Waals surface area contributed by atoms with Crippen molar-refractivity contribution < 1.29 is 4.74 Å². The maximum Gasteiger partial charge on any atom is 0.119 e. The first-order valence-electron chi connectivity index (χ1n) is 8.91. The van der Waals surface area contributed by atoms with Crippen molar-refractivity contribution in [2.45, 2.75) is 39.0 Å². The summed E-state index contributed by atoms with van der Waals surface area (Å²) in [5.74, 6) is 0.989. The van der Waals surface area contributed by atoms with Crippen molar-refractivity contribution in [1.29, 1.82) is 0 Å². The molecule has 2 aromatic rings. The van der Waals surface area contributed by atoms with Gasteiger partial charge in [0.05, 0.1) is 0 Å². The second kappa shape index (κ2) is 8.81. The summed E-state index contributed by atoms with van der Waals surface area (Å²) in [7, 11) is 0. The van der Waals surface area contributed by atoms with Gasteiger partial charge in [0, 0.05) is 25.5 Å². The maximum atomic E-state index is 6.08. The molecule has 0 amide bonds. The Hall–Kier alpha value is -1.91. The van der Waals surface area contributed by atoms with Gasteiger partial charge in [-0.2, -0.15) is 0 Å². The highest BCUT2D eigenvalue weighted by atomic mass is 16.5. The molecule has 24 heavy (non-hydrogen) atoms. The van der Waals surface area contributed by atoms with E-state index in [9.17, 15) is 0 Å². The average Bonchev–Trinajstić information content (AvgIpc) is 2.64. The van der Waals surface area contributed by atoms with E-state index in [4.69, 9.17) is 4.74 Å². The number of ether oxygens (including phenoxy) is 1. The minimum atomic E-state index is 0.357. The minimum Gasteiger partial charge on any atom is -0.490 e. The molecule has 128 valence electrons. The van der Waals surface area contributed by atoms with Crippen molar-refractivity contribution in [3.05, 3.63) is 59.9 Å². The molecule has 4 heteroatoms. The van der Waals surface area contributed by atoms with Crippen LogP contribution in [0.25, 0.3) is 0 Å². The van der Waals surface area contributed by atoms with Crippen molar-refractivity contribution in [2.75, 3.05) is 19.6 Å². The normalized spacial score (nSPS) is 15.6. The molecule has 1 fully saturated rings. The number of hydrogen-bond donors (Lipinski definition) is 1. The van der Waals surface area contributed by atoms with Crippen LogP contribution in [0.15, 0.2) is 48.8 Å². The molecule has 0 aliphatic carbocycles. The zero-order valence-corrected chi connectivity index (χ0v) is 14.4. The van der Waals surface area contributed by atoms with E-state index in [1.165, 1.54) is 11.1 Å². The van der Waals surface area contributed by atoms with Gasteiger partial charge in [0.1, 0.15) is 11.9 Å². The fourth-order valence-electron chi connectivity index (χ4n) is 3.06. The first-order valence-corrected chi connectivity index (χ1v) is 8.91. The summed E-state index contributed by atoms with van der Waals surface area (Å²) in [6.45, 7) is 7.25. The van der Waals surface area contributed by atoms with Crippen LogP contribution in [0.2, 0.25) is 0 Å². The topological polar surface area (TPSA) is 37.4 Å². The van der Waals surface area contributed by atoms with Gasteiger partial charge in [0.25, 0.3) is 0 Å². The molecule has 1 saturated heterocycles. The van der Waals surface area contributed by atoms with Gasteiger partial charge in [-0.1, -0.05) is 19.1 Å². The Morgan fingerprint density at radius 2 is 1.62 bits per heavy atom. The predicted octanol–water partition coefficient (Wildman–Crippen LogP) is 3.23. The highest BCUT2D eigenvalue weighted by Gasteiger charge is 2.14. The van der Waals surface area contributed by atoms with Crippen LogP contribution in [0.4, 0.5) is 0 Å². The van der Waals surface area contributed by atoms with E-state index in [2.05, 4.69) is 58.5 Å². The Labute approximate surface area is 144 Å². The smallest absolute Gasteiger partial charge is 0.119 e. The van der Waals surface area contributed by atoms with Gasteiger partial charge in [-0.05, 0) is 67.9 Å². The molecule has 0 unspecified atom stereocenters. The van der Waals surface area contributed by atoms with Gasteiger partial charge >= 0.3 is 0 Å². The van der Waals surface area contributed by atoms with Crippen LogP contribution in [0.3, 0.4) is 0 Å². The highest BCUT2D eigenvalue weighted by molar-refractivity contribution is 5.27. The third kappa shape index (κ3) is 5.05. The Kier molecular flexibility index (Phi) is 6.21. The zero-order chi connectivity index (χ0) is 16.6. The van der Waals surface area contributed by atoms with Gasteiger partial charge in [0.2, 0.25) is 0 Å². The molecule has 0 bridgehead atoms. The molecule has 1 aromatic heterocycles. The van der Waals surface area contributed by atoms with Crippen LogP contribution < -0.4 is 10.1 Å². The molecule has 2 heterocycles. The van der Waals surface area contributed by atoms with Gasteiger partial charge < -0.3 is 10.1 Å². The number of piperidine rings is 1. The third-order valence-electron chi connectivity index (χ3n) is 4.52. The molecular formula is C20H27N3O. The van der Waals surface area contributed by atoms with E-state index in [0.717, 1.165) is 51.3 Å². The van der Waals surface area contributed by atoms with E-state index < -0.39 is 0 Å². The lowest BCUT2D eigenvalue weighted by molar-refractivity contribution is 0.162. The number of hydrogen-bond acceptors (Lipinski definition) is 4. The Morgan fingerprint density at radius 3 is 2.25 bits per heavy atom. The second-order valence-electron chi connectivity index (χ2n) is 6.37. The van der Waals surface area contributed by atoms with E-state index in [1.807, 2.05) is 12.4 Å². The predicted molar refractivity (Wildman–Crippen MR) is 97.0 cm³/mol. The van der Waals surface area contributed by atoms with E-state index in [-0.39, 0.29) is 0 Å². The Balaban J connectivity index is 1.54. The molecule has 0 saturated carbocycles. The molecule has 1 N–H and O–H groups in total. The summed E-state index contributed by atoms with van der Waals surface area (Å²) in [4.78, 5) is 6.51. The second-order valence-corrected chi connectivity index (χ2v) is 6.37. The minimum absolute atomic E-state index is 0.357. The first-order chi connectivity index (χ1) is 11.8. The highest BCUT2D eigenvalue weighted by Crippen LogP contribution is 2.18. The van der Waals surface area contributed by atoms with Crippen molar-refractivity contribution >= 4 is 0 Å². The van der Waals surface area contributed by atoms with Crippen LogP contribution in [0, 0.1) is 0 Å². The lowest BCUT2D eigenvalue weighted by atomic mass is 10.1. The number of aromatic nitrogens is 1. The number of rotatable bonds is 7. The number of nitrogens with zero attached hydrogens (tertiary/aromatic N) is 2. The largest absolute Gasteiger partial charge is 0.490 e. The average molecular weight is 325 g/mol. The first kappa shape index (κ1) is 16.9. The number of benzene rings is 1. The van der Waals surface area contributed by atoms with Crippen LogP contribution in [0.1, 0.15) is 30.9 Å². The Morgan fingerprint density at radius 1 is 1.00 bits per heavy atom. The summed E-state index contributed by atoms with van der Waals surface area (Å²) in [5, 5.41) is 3.37. The van der Waals surface area contributed by atoms with E-state index in [1.54, 1.807) is 0 Å². The van der Waals surface area contributed by atoms with Crippen molar-refractivity contribution in [3.63, 3.8) is 0 Å². The van der Waals surface area contributed by atoms with Crippen LogP contribution >= 0.6 is 0 Å². The van der Waals surface area contributed by atoms with Gasteiger partial charge in [-0.15, -0.1) is 0 Å². The fourth-order valence-corrected chi connectivity index (χ4v) is 3.06. The molecule has 1 aliphatic rings. The molecule has 0 spiro atoms. The van der Waals surface area contributed by atoms with Crippen molar-refractivity contribution in [1.82, 2.24) is 15.2 Å². The standard InChI is InChI=1S/C20H27N3O/c1-2-23(16-18-7-11-21-12-8-18)15-17-3-5-19(6-4-17)24-20-9-13-22-14-10-20/h3-8,11-12,20,22H,2,9-10,13-16H2,1H3. The van der Waals surface area contributed by atoms with Crippen molar-refractivity contribution in [2.24, 2.45) is 0 Å². The molecule has 1 aliphatic heterocycles. The van der Waals surface area contributed by atoms with E-state index in [0.29, 0.717) is 6.10 Å². The number of nitrogens with one attached hydrogen (secondary N) is 1. The molecule has 3 rings (SSSR count). The summed E-state index contributed by atoms with van der Waals surface area (Å²) in [5.41, 5.74) is 2.63. The Bertz CT molecular complexity index is 594. The molecule has 1 aromatic carbocycles. The van der Waals surface area contributed by atoms with Crippen LogP contribution in [-0.2, 0) is 13.1 Å². The summed E-state index contributed by atoms with van der Waals surface area (Å²) >= 11 is 0. The lowest BCUT2D eigenvalue weighted by Crippen LogP contribution is -2.34. The van der Waals surface area contributed by atoms with Gasteiger partial charge in [0.15, 0.2) is 0 Å². The van der Waals surface area contributed by atoms with Crippen molar-refractivity contribution in [3.8, 4) is 5.75 Å². The summed E-state index contributed by atoms with van der Waals surface area (Å²) in [6, 6.07) is 12.8. The van der Waals surface area contributed by atoms with Gasteiger partial charge in [-0.25, -0.2) is 0 Å². The van der Waals surface area contributed by atoms with E-state index >= 15 is 0 Å². The maximum absolute atomic E-state index is 6.08. The monoisotopic (exact) mass is 325 g/mol. The summed E-state index contributed by atoms with van der Waals surface area (Å²) < 4.78 is 6.08. The number of pyridine rings is 1. The zero-order valence-electron chi connectivity index (χ0n) is 14.4. The fraction of sp³-hybridized carbons (Fsp3) is 0.450. The molecule has 4 nitrogen and oxygen atoms in total. The molecule has 0 radical (unpaired) electrons. The third-order valence-corrected chi connectivity index (χ3v) is 4.52. The van der Waals surface area contributed by atoms with Crippen LogP contribution in [0.5, 0.6) is 5.75 Å². The molecular weight excluding hydrogens is 298 g/mol. The quantitative estimate of drug-likeness (QED) is 0.848. The lowest BCUT2D eigenvalue weighted by Gasteiger charge is -2.24. The molecule has 0 atom stereocenters. The summed E-state index contributed by atoms with van der Waals surface area (Å²) in [6.07, 6.45) is 6.26.